The predicted molar refractivity (Wildman–Crippen MR) is 102 cm³/mol. The van der Waals surface area contributed by atoms with Gasteiger partial charge in [0.05, 0.1) is 11.1 Å². The van der Waals surface area contributed by atoms with Crippen molar-refractivity contribution in [2.75, 3.05) is 0 Å². The van der Waals surface area contributed by atoms with Crippen molar-refractivity contribution in [1.82, 2.24) is 0 Å². The molecule has 26 heavy (non-hydrogen) atoms. The lowest BCUT2D eigenvalue weighted by atomic mass is 9.87. The maximum atomic E-state index is 13.8. The van der Waals surface area contributed by atoms with Gasteiger partial charge < -0.3 is 0 Å². The number of halogens is 1. The van der Waals surface area contributed by atoms with Crippen molar-refractivity contribution in [3.05, 3.63) is 71.0 Å². The first kappa shape index (κ1) is 17.6. The average Bonchev–Trinajstić information content (AvgIpc) is 2.66. The highest BCUT2D eigenvalue weighted by Crippen LogP contribution is 2.36. The van der Waals surface area contributed by atoms with Gasteiger partial charge in [0.25, 0.3) is 0 Å². The van der Waals surface area contributed by atoms with Crippen molar-refractivity contribution in [2.24, 2.45) is 0 Å². The maximum Gasteiger partial charge on any atom is 0.123 e. The normalized spacial score (nSPS) is 11.7. The number of fused-ring (bicyclic) bond motifs is 1. The summed E-state index contributed by atoms with van der Waals surface area (Å²) in [5, 5.41) is 20.9. The summed E-state index contributed by atoms with van der Waals surface area (Å²) in [6, 6.07) is 18.3. The van der Waals surface area contributed by atoms with Crippen molar-refractivity contribution in [3.63, 3.8) is 0 Å². The smallest absolute Gasteiger partial charge is 0.123 e. The van der Waals surface area contributed by atoms with Crippen LogP contribution in [-0.4, -0.2) is 0 Å². The molecule has 0 amide bonds. The van der Waals surface area contributed by atoms with Gasteiger partial charge in [0.15, 0.2) is 0 Å². The molecule has 0 saturated heterocycles. The monoisotopic (exact) mass is 342 g/mol. The predicted octanol–water partition coefficient (Wildman–Crippen LogP) is 6.29. The summed E-state index contributed by atoms with van der Waals surface area (Å²) in [7, 11) is 0. The van der Waals surface area contributed by atoms with E-state index in [0.717, 1.165) is 23.6 Å². The van der Waals surface area contributed by atoms with E-state index in [1.54, 1.807) is 18.2 Å². The van der Waals surface area contributed by atoms with Crippen LogP contribution in [0.1, 0.15) is 49.3 Å². The summed E-state index contributed by atoms with van der Waals surface area (Å²) >= 11 is 0. The third-order valence-corrected chi connectivity index (χ3v) is 4.80. The number of hydrogen-bond acceptors (Lipinski definition) is 2. The molecule has 0 bridgehead atoms. The molecular weight excluding hydrogens is 323 g/mol. The molecule has 128 valence electrons. The summed E-state index contributed by atoms with van der Waals surface area (Å²) in [6.45, 7) is 4.34. The van der Waals surface area contributed by atoms with Gasteiger partial charge in [-0.15, -0.1) is 0 Å². The largest absolute Gasteiger partial charge is 0.207 e. The molecule has 0 fully saturated rings. The van der Waals surface area contributed by atoms with Crippen LogP contribution in [0.4, 0.5) is 4.39 Å². The minimum Gasteiger partial charge on any atom is -0.207 e. The Hall–Kier alpha value is -3.17. The second kappa shape index (κ2) is 7.38. The average molecular weight is 342 g/mol. The summed E-state index contributed by atoms with van der Waals surface area (Å²) in [6.07, 6.45) is 2.16. The number of benzene rings is 3. The summed E-state index contributed by atoms with van der Waals surface area (Å²) < 4.78 is 13.8. The molecule has 2 nitrogen and oxygen atoms in total. The number of hydrogen-bond donors (Lipinski definition) is 0. The molecule has 0 aliphatic rings. The molecule has 0 aliphatic heterocycles. The van der Waals surface area contributed by atoms with Crippen molar-refractivity contribution in [3.8, 4) is 23.3 Å². The van der Waals surface area contributed by atoms with Crippen LogP contribution in [0, 0.1) is 28.5 Å². The molecule has 0 aromatic heterocycles. The number of nitriles is 2. The molecule has 0 spiro atoms. The van der Waals surface area contributed by atoms with E-state index in [4.69, 9.17) is 0 Å². The SMILES string of the molecule is CCCC(C)c1ccc2cc(C#N)c(C#N)c(-c3cccc(F)c3)c2c1. The molecule has 1 atom stereocenters. The van der Waals surface area contributed by atoms with E-state index in [0.29, 0.717) is 28.2 Å². The van der Waals surface area contributed by atoms with Crippen LogP contribution in [-0.2, 0) is 0 Å². The highest BCUT2D eigenvalue weighted by Gasteiger charge is 2.17. The fourth-order valence-electron chi connectivity index (χ4n) is 3.47. The molecule has 3 heteroatoms. The van der Waals surface area contributed by atoms with Gasteiger partial charge >= 0.3 is 0 Å². The first-order valence-corrected chi connectivity index (χ1v) is 8.75. The van der Waals surface area contributed by atoms with Crippen LogP contribution in [0.3, 0.4) is 0 Å². The van der Waals surface area contributed by atoms with E-state index in [1.165, 1.54) is 17.7 Å². The van der Waals surface area contributed by atoms with Crippen molar-refractivity contribution < 1.29 is 4.39 Å². The summed E-state index contributed by atoms with van der Waals surface area (Å²) in [5.74, 6) is 0.0309. The van der Waals surface area contributed by atoms with E-state index in [1.807, 2.05) is 6.07 Å². The lowest BCUT2D eigenvalue weighted by Gasteiger charge is -2.15. The standard InChI is InChI=1S/C23H19FN2/c1-3-5-15(2)16-8-9-17-10-19(13-25)22(14-26)23(21(17)12-16)18-6-4-7-20(24)11-18/h4,6-12,15H,3,5H2,1-2H3. The van der Waals surface area contributed by atoms with Crippen molar-refractivity contribution in [1.29, 1.82) is 10.5 Å². The Bertz CT molecular complexity index is 1050. The zero-order valence-electron chi connectivity index (χ0n) is 14.9. The summed E-state index contributed by atoms with van der Waals surface area (Å²) in [5.41, 5.74) is 3.04. The minimum atomic E-state index is -0.364. The Kier molecular flexibility index (Phi) is 5.01. The molecule has 1 unspecified atom stereocenters. The van der Waals surface area contributed by atoms with Crippen molar-refractivity contribution >= 4 is 10.8 Å². The third kappa shape index (κ3) is 3.17. The highest BCUT2D eigenvalue weighted by atomic mass is 19.1. The first-order valence-electron chi connectivity index (χ1n) is 8.75. The second-order valence-corrected chi connectivity index (χ2v) is 6.58. The first-order chi connectivity index (χ1) is 12.6. The zero-order valence-corrected chi connectivity index (χ0v) is 14.9. The molecule has 0 N–H and O–H groups in total. The van der Waals surface area contributed by atoms with Gasteiger partial charge in [-0.3, -0.25) is 0 Å². The number of rotatable bonds is 4. The third-order valence-electron chi connectivity index (χ3n) is 4.80. The molecular formula is C23H19FN2. The second-order valence-electron chi connectivity index (χ2n) is 6.58. The van der Waals surface area contributed by atoms with Gasteiger partial charge in [-0.25, -0.2) is 4.39 Å². The fraction of sp³-hybridized carbons (Fsp3) is 0.217. The molecule has 3 rings (SSSR count). The van der Waals surface area contributed by atoms with Crippen LogP contribution < -0.4 is 0 Å². The quantitative estimate of drug-likeness (QED) is 0.559. The lowest BCUT2D eigenvalue weighted by Crippen LogP contribution is -1.96. The summed E-state index contributed by atoms with van der Waals surface area (Å²) in [4.78, 5) is 0. The topological polar surface area (TPSA) is 47.6 Å². The van der Waals surface area contributed by atoms with Crippen LogP contribution in [0.15, 0.2) is 48.5 Å². The van der Waals surface area contributed by atoms with Crippen LogP contribution >= 0.6 is 0 Å². The van der Waals surface area contributed by atoms with Gasteiger partial charge in [0.1, 0.15) is 18.0 Å². The van der Waals surface area contributed by atoms with Crippen LogP contribution in [0.2, 0.25) is 0 Å². The van der Waals surface area contributed by atoms with Gasteiger partial charge in [0.2, 0.25) is 0 Å². The van der Waals surface area contributed by atoms with E-state index in [9.17, 15) is 14.9 Å². The molecule has 0 aliphatic carbocycles. The van der Waals surface area contributed by atoms with Gasteiger partial charge in [0, 0.05) is 5.56 Å². The molecule has 3 aromatic rings. The minimum absolute atomic E-state index is 0.297. The van der Waals surface area contributed by atoms with E-state index >= 15 is 0 Å². The zero-order chi connectivity index (χ0) is 18.7. The Morgan fingerprint density at radius 1 is 1.04 bits per heavy atom. The van der Waals surface area contributed by atoms with Gasteiger partial charge in [-0.2, -0.15) is 10.5 Å². The Morgan fingerprint density at radius 2 is 1.85 bits per heavy atom. The maximum absolute atomic E-state index is 13.8. The Morgan fingerprint density at radius 3 is 2.50 bits per heavy atom. The molecule has 0 saturated carbocycles. The van der Waals surface area contributed by atoms with E-state index < -0.39 is 0 Å². The Balaban J connectivity index is 2.38. The van der Waals surface area contributed by atoms with Gasteiger partial charge in [-0.1, -0.05) is 50.6 Å². The molecule has 0 radical (unpaired) electrons. The molecule has 3 aromatic carbocycles. The highest BCUT2D eigenvalue weighted by molar-refractivity contribution is 6.01. The van der Waals surface area contributed by atoms with E-state index in [2.05, 4.69) is 38.1 Å². The van der Waals surface area contributed by atoms with Gasteiger partial charge in [-0.05, 0) is 52.4 Å². The van der Waals surface area contributed by atoms with Crippen LogP contribution in [0.5, 0.6) is 0 Å². The molecule has 0 heterocycles. The fourth-order valence-corrected chi connectivity index (χ4v) is 3.47. The Labute approximate surface area is 153 Å². The van der Waals surface area contributed by atoms with Crippen LogP contribution in [0.25, 0.3) is 21.9 Å². The lowest BCUT2D eigenvalue weighted by molar-refractivity contribution is 0.628. The van der Waals surface area contributed by atoms with Crippen molar-refractivity contribution in [2.45, 2.75) is 32.6 Å². The number of nitrogens with zero attached hydrogens (tertiary/aromatic N) is 2. The van der Waals surface area contributed by atoms with E-state index in [-0.39, 0.29) is 5.82 Å².